The summed E-state index contributed by atoms with van der Waals surface area (Å²) in [6.45, 7) is 5.08. The summed E-state index contributed by atoms with van der Waals surface area (Å²) in [5.41, 5.74) is 0.916. The summed E-state index contributed by atoms with van der Waals surface area (Å²) in [5, 5.41) is 6.10. The topological polar surface area (TPSA) is 84.5 Å². The first-order valence-electron chi connectivity index (χ1n) is 8.33. The van der Waals surface area contributed by atoms with Gasteiger partial charge >= 0.3 is 5.97 Å². The maximum atomic E-state index is 12.7. The zero-order valence-corrected chi connectivity index (χ0v) is 15.2. The van der Waals surface area contributed by atoms with Crippen LogP contribution in [0.1, 0.15) is 71.5 Å². The molecule has 6 nitrogen and oxygen atoms in total. The van der Waals surface area contributed by atoms with Gasteiger partial charge < -0.3 is 15.4 Å². The highest BCUT2D eigenvalue weighted by Gasteiger charge is 2.27. The molecule has 2 rings (SSSR count). The van der Waals surface area contributed by atoms with Crippen LogP contribution in [0.15, 0.2) is 0 Å². The Morgan fingerprint density at radius 3 is 2.46 bits per heavy atom. The van der Waals surface area contributed by atoms with Gasteiger partial charge in [0.15, 0.2) is 0 Å². The highest BCUT2D eigenvalue weighted by atomic mass is 32.1. The number of amides is 2. The van der Waals surface area contributed by atoms with Crippen LogP contribution in [-0.4, -0.2) is 30.4 Å². The molecule has 1 fully saturated rings. The molecule has 0 spiro atoms. The van der Waals surface area contributed by atoms with Crippen molar-refractivity contribution in [3.05, 3.63) is 16.0 Å². The van der Waals surface area contributed by atoms with Crippen LogP contribution >= 0.6 is 11.3 Å². The first-order valence-corrected chi connectivity index (χ1v) is 9.14. The monoisotopic (exact) mass is 352 g/mol. The molecule has 0 aliphatic heterocycles. The molecule has 2 amide bonds. The molecular formula is C17H24N2O4S. The van der Waals surface area contributed by atoms with Gasteiger partial charge in [-0.3, -0.25) is 9.59 Å². The molecule has 132 valence electrons. The number of carbonyl (C=O) groups is 3. The number of hydrogen-bond donors (Lipinski definition) is 2. The van der Waals surface area contributed by atoms with E-state index in [1.165, 1.54) is 13.3 Å². The van der Waals surface area contributed by atoms with E-state index in [9.17, 15) is 14.4 Å². The summed E-state index contributed by atoms with van der Waals surface area (Å²) in [5.74, 6) is -0.989. The maximum absolute atomic E-state index is 12.7. The quantitative estimate of drug-likeness (QED) is 0.797. The van der Waals surface area contributed by atoms with E-state index in [2.05, 4.69) is 10.6 Å². The Bertz CT molecular complexity index is 633. The molecule has 0 aromatic carbocycles. The molecule has 0 bridgehead atoms. The zero-order chi connectivity index (χ0) is 17.7. The van der Waals surface area contributed by atoms with Crippen LogP contribution in [0, 0.1) is 6.92 Å². The minimum Gasteiger partial charge on any atom is -0.462 e. The average Bonchev–Trinajstić information content (AvgIpc) is 2.84. The molecular weight excluding hydrogens is 328 g/mol. The number of anilines is 1. The zero-order valence-electron chi connectivity index (χ0n) is 14.4. The summed E-state index contributed by atoms with van der Waals surface area (Å²) in [6.07, 6.45) is 5.36. The number of thiophene rings is 1. The van der Waals surface area contributed by atoms with Crippen LogP contribution in [0.5, 0.6) is 0 Å². The fourth-order valence-electron chi connectivity index (χ4n) is 2.93. The Hall–Kier alpha value is -1.89. The number of esters is 1. The van der Waals surface area contributed by atoms with Gasteiger partial charge in [-0.2, -0.15) is 0 Å². The second-order valence-electron chi connectivity index (χ2n) is 5.97. The van der Waals surface area contributed by atoms with E-state index in [4.69, 9.17) is 4.74 Å². The summed E-state index contributed by atoms with van der Waals surface area (Å²) in [7, 11) is 0. The van der Waals surface area contributed by atoms with Crippen molar-refractivity contribution in [3.8, 4) is 0 Å². The first-order chi connectivity index (χ1) is 11.4. The van der Waals surface area contributed by atoms with Gasteiger partial charge in [-0.15, -0.1) is 11.3 Å². The fourth-order valence-corrected chi connectivity index (χ4v) is 4.07. The van der Waals surface area contributed by atoms with E-state index >= 15 is 0 Å². The molecule has 0 radical (unpaired) electrons. The summed E-state index contributed by atoms with van der Waals surface area (Å²) >= 11 is 1.09. The highest BCUT2D eigenvalue weighted by Crippen LogP contribution is 2.34. The summed E-state index contributed by atoms with van der Waals surface area (Å²) in [6, 6.07) is 0.154. The van der Waals surface area contributed by atoms with Crippen LogP contribution in [0.4, 0.5) is 5.00 Å². The Morgan fingerprint density at radius 1 is 1.21 bits per heavy atom. The largest absolute Gasteiger partial charge is 0.462 e. The normalized spacial score (nSPS) is 15.0. The van der Waals surface area contributed by atoms with Crippen molar-refractivity contribution in [1.82, 2.24) is 5.32 Å². The van der Waals surface area contributed by atoms with E-state index in [1.807, 2.05) is 0 Å². The Kier molecular flexibility index (Phi) is 6.36. The van der Waals surface area contributed by atoms with Crippen molar-refractivity contribution in [2.24, 2.45) is 0 Å². The first kappa shape index (κ1) is 18.4. The van der Waals surface area contributed by atoms with Gasteiger partial charge in [0.05, 0.1) is 12.2 Å². The number of rotatable bonds is 5. The van der Waals surface area contributed by atoms with E-state index in [-0.39, 0.29) is 24.5 Å². The standard InChI is InChI=1S/C17H24N2O4S/c1-4-23-17(22)14-10(2)13(16(24-14)18-11(3)20)15(21)19-12-8-6-5-7-9-12/h12H,4-9H2,1-3H3,(H,18,20)(H,19,21). The Balaban J connectivity index is 2.29. The molecule has 0 saturated heterocycles. The van der Waals surface area contributed by atoms with Gasteiger partial charge in [0.25, 0.3) is 5.91 Å². The van der Waals surface area contributed by atoms with Crippen molar-refractivity contribution >= 4 is 34.1 Å². The van der Waals surface area contributed by atoms with Gasteiger partial charge in [-0.1, -0.05) is 19.3 Å². The smallest absolute Gasteiger partial charge is 0.348 e. The minimum atomic E-state index is -0.469. The highest BCUT2D eigenvalue weighted by molar-refractivity contribution is 7.18. The van der Waals surface area contributed by atoms with E-state index in [0.29, 0.717) is 21.0 Å². The lowest BCUT2D eigenvalue weighted by atomic mass is 9.95. The number of carbonyl (C=O) groups excluding carboxylic acids is 3. The predicted molar refractivity (Wildman–Crippen MR) is 93.7 cm³/mol. The van der Waals surface area contributed by atoms with E-state index in [1.54, 1.807) is 13.8 Å². The van der Waals surface area contributed by atoms with Gasteiger partial charge in [0, 0.05) is 13.0 Å². The molecule has 1 aromatic heterocycles. The number of hydrogen-bond acceptors (Lipinski definition) is 5. The molecule has 1 aromatic rings. The summed E-state index contributed by atoms with van der Waals surface area (Å²) < 4.78 is 5.04. The molecule has 0 unspecified atom stereocenters. The minimum absolute atomic E-state index is 0.154. The Labute approximate surface area is 146 Å². The van der Waals surface area contributed by atoms with Gasteiger partial charge in [0.1, 0.15) is 9.88 Å². The third-order valence-electron chi connectivity index (χ3n) is 4.06. The lowest BCUT2D eigenvalue weighted by Gasteiger charge is -2.23. The van der Waals surface area contributed by atoms with Crippen LogP contribution in [0.2, 0.25) is 0 Å². The molecule has 0 atom stereocenters. The third kappa shape index (κ3) is 4.35. The second-order valence-corrected chi connectivity index (χ2v) is 6.99. The SMILES string of the molecule is CCOC(=O)c1sc(NC(C)=O)c(C(=O)NC2CCCCC2)c1C. The van der Waals surface area contributed by atoms with Crippen molar-refractivity contribution in [3.63, 3.8) is 0 Å². The van der Waals surface area contributed by atoms with Gasteiger partial charge in [-0.25, -0.2) is 4.79 Å². The number of ether oxygens (including phenoxy) is 1. The van der Waals surface area contributed by atoms with Crippen LogP contribution in [0.25, 0.3) is 0 Å². The van der Waals surface area contributed by atoms with Gasteiger partial charge in [0.2, 0.25) is 5.91 Å². The van der Waals surface area contributed by atoms with Crippen LogP contribution in [-0.2, 0) is 9.53 Å². The lowest BCUT2D eigenvalue weighted by Crippen LogP contribution is -2.36. The second kappa shape index (κ2) is 8.28. The molecule has 1 aliphatic rings. The molecule has 2 N–H and O–H groups in total. The predicted octanol–water partition coefficient (Wildman–Crippen LogP) is 3.25. The van der Waals surface area contributed by atoms with Crippen molar-refractivity contribution in [2.45, 2.75) is 58.9 Å². The molecule has 1 aliphatic carbocycles. The maximum Gasteiger partial charge on any atom is 0.348 e. The molecule has 1 heterocycles. The number of nitrogens with one attached hydrogen (secondary N) is 2. The molecule has 7 heteroatoms. The van der Waals surface area contributed by atoms with Gasteiger partial charge in [-0.05, 0) is 32.3 Å². The fraction of sp³-hybridized carbons (Fsp3) is 0.588. The van der Waals surface area contributed by atoms with Crippen molar-refractivity contribution in [1.29, 1.82) is 0 Å². The van der Waals surface area contributed by atoms with E-state index < -0.39 is 5.97 Å². The molecule has 24 heavy (non-hydrogen) atoms. The third-order valence-corrected chi connectivity index (χ3v) is 5.25. The van der Waals surface area contributed by atoms with Crippen LogP contribution < -0.4 is 10.6 Å². The summed E-state index contributed by atoms with van der Waals surface area (Å²) in [4.78, 5) is 36.6. The van der Waals surface area contributed by atoms with Crippen molar-refractivity contribution < 1.29 is 19.1 Å². The van der Waals surface area contributed by atoms with Crippen LogP contribution in [0.3, 0.4) is 0 Å². The average molecular weight is 352 g/mol. The Morgan fingerprint density at radius 2 is 1.88 bits per heavy atom. The lowest BCUT2D eigenvalue weighted by molar-refractivity contribution is -0.114. The molecule has 1 saturated carbocycles. The van der Waals surface area contributed by atoms with E-state index in [0.717, 1.165) is 37.0 Å². The van der Waals surface area contributed by atoms with Crippen molar-refractivity contribution in [2.75, 3.05) is 11.9 Å².